The number of aliphatic hydroxyl groups is 1. The Labute approximate surface area is 166 Å². The lowest BCUT2D eigenvalue weighted by Gasteiger charge is -2.50. The number of nitrogens with one attached hydrogen (secondary N) is 1. The van der Waals surface area contributed by atoms with Crippen LogP contribution in [0.2, 0.25) is 0 Å². The number of likely N-dealkylation sites (tertiary alicyclic amines) is 3. The largest absolute Gasteiger partial charge is 0.389 e. The molecule has 3 aliphatic heterocycles. The highest BCUT2D eigenvalue weighted by Crippen LogP contribution is 2.36. The number of nitrogens with zero attached hydrogens (tertiary/aromatic N) is 3. The maximum Gasteiger partial charge on any atom is 0.320 e. The van der Waals surface area contributed by atoms with E-state index in [0.29, 0.717) is 19.5 Å². The van der Waals surface area contributed by atoms with Gasteiger partial charge in [0, 0.05) is 63.4 Å². The lowest BCUT2D eigenvalue weighted by Crippen LogP contribution is -2.61. The molecule has 0 saturated carbocycles. The third kappa shape index (κ3) is 3.29. The Morgan fingerprint density at radius 3 is 2.75 bits per heavy atom. The molecule has 2 aromatic rings. The standard InChI is InChI=1S/C22H30N4O2/c27-21(25-9-1-2-10-25)26-12-7-22(28)6-11-24(15-19(22)16-26)14-17-3-4-20-18(13-17)5-8-23-20/h3-5,8,13,19,23,28H,1-2,6-7,9-12,14-16H2/t19-,22-/m1/s1. The summed E-state index contributed by atoms with van der Waals surface area (Å²) in [6.07, 6.45) is 5.72. The molecule has 1 aromatic carbocycles. The van der Waals surface area contributed by atoms with E-state index in [1.165, 1.54) is 16.5 Å². The van der Waals surface area contributed by atoms with E-state index in [-0.39, 0.29) is 11.9 Å². The topological polar surface area (TPSA) is 62.8 Å². The van der Waals surface area contributed by atoms with Gasteiger partial charge < -0.3 is 19.9 Å². The number of amides is 2. The molecule has 28 heavy (non-hydrogen) atoms. The number of hydrogen-bond donors (Lipinski definition) is 2. The summed E-state index contributed by atoms with van der Waals surface area (Å²) in [5.41, 5.74) is 1.86. The molecule has 6 heteroatoms. The molecule has 2 atom stereocenters. The first-order chi connectivity index (χ1) is 13.6. The van der Waals surface area contributed by atoms with Crippen LogP contribution < -0.4 is 0 Å². The molecule has 3 saturated heterocycles. The number of carbonyl (C=O) groups excluding carboxylic acids is 1. The van der Waals surface area contributed by atoms with Crippen molar-refractivity contribution in [1.29, 1.82) is 0 Å². The van der Waals surface area contributed by atoms with Crippen molar-refractivity contribution in [2.75, 3.05) is 39.3 Å². The van der Waals surface area contributed by atoms with Crippen molar-refractivity contribution in [2.24, 2.45) is 5.92 Å². The van der Waals surface area contributed by atoms with Gasteiger partial charge in [0.15, 0.2) is 0 Å². The number of carbonyl (C=O) groups is 1. The minimum absolute atomic E-state index is 0.137. The van der Waals surface area contributed by atoms with Crippen molar-refractivity contribution in [3.63, 3.8) is 0 Å². The van der Waals surface area contributed by atoms with E-state index in [4.69, 9.17) is 0 Å². The molecule has 3 aliphatic rings. The SMILES string of the molecule is O=C(N1CCCC1)N1CC[C@]2(O)CCN(Cc3ccc4[nH]ccc4c3)C[C@@H]2C1. The molecule has 150 valence electrons. The number of piperidine rings is 2. The minimum atomic E-state index is -0.608. The van der Waals surface area contributed by atoms with Crippen LogP contribution in [0.3, 0.4) is 0 Å². The van der Waals surface area contributed by atoms with Crippen LogP contribution in [0.5, 0.6) is 0 Å². The Morgan fingerprint density at radius 2 is 1.89 bits per heavy atom. The van der Waals surface area contributed by atoms with Crippen LogP contribution in [-0.4, -0.2) is 75.7 Å². The predicted molar refractivity (Wildman–Crippen MR) is 109 cm³/mol. The molecule has 2 N–H and O–H groups in total. The van der Waals surface area contributed by atoms with E-state index in [1.54, 1.807) is 0 Å². The van der Waals surface area contributed by atoms with Crippen molar-refractivity contribution in [1.82, 2.24) is 19.7 Å². The lowest BCUT2D eigenvalue weighted by atomic mass is 9.75. The Balaban J connectivity index is 1.26. The Kier molecular flexibility index (Phi) is 4.56. The average molecular weight is 383 g/mol. The van der Waals surface area contributed by atoms with Crippen LogP contribution in [0.25, 0.3) is 10.9 Å². The van der Waals surface area contributed by atoms with E-state index in [2.05, 4.69) is 34.1 Å². The highest BCUT2D eigenvalue weighted by Gasteiger charge is 2.46. The predicted octanol–water partition coefficient (Wildman–Crippen LogP) is 2.64. The number of rotatable bonds is 2. The van der Waals surface area contributed by atoms with Gasteiger partial charge in [-0.2, -0.15) is 0 Å². The van der Waals surface area contributed by atoms with Gasteiger partial charge in [0.05, 0.1) is 5.60 Å². The third-order valence-corrected chi connectivity index (χ3v) is 7.03. The van der Waals surface area contributed by atoms with E-state index in [9.17, 15) is 9.90 Å². The quantitative estimate of drug-likeness (QED) is 0.839. The molecular formula is C22H30N4O2. The second-order valence-corrected chi connectivity index (χ2v) is 8.86. The van der Waals surface area contributed by atoms with Gasteiger partial charge in [-0.3, -0.25) is 4.90 Å². The maximum atomic E-state index is 12.8. The van der Waals surface area contributed by atoms with E-state index < -0.39 is 5.60 Å². The van der Waals surface area contributed by atoms with Crippen LogP contribution in [0.4, 0.5) is 4.79 Å². The Hall–Kier alpha value is -2.05. The van der Waals surface area contributed by atoms with Crippen molar-refractivity contribution in [3.8, 4) is 0 Å². The molecule has 0 radical (unpaired) electrons. The number of benzene rings is 1. The van der Waals surface area contributed by atoms with Gasteiger partial charge in [0.25, 0.3) is 0 Å². The summed E-state index contributed by atoms with van der Waals surface area (Å²) in [5, 5.41) is 12.4. The van der Waals surface area contributed by atoms with Crippen molar-refractivity contribution in [3.05, 3.63) is 36.0 Å². The summed E-state index contributed by atoms with van der Waals surface area (Å²) in [5.74, 6) is 0.137. The number of aromatic nitrogens is 1. The van der Waals surface area contributed by atoms with Gasteiger partial charge in [0.1, 0.15) is 0 Å². The van der Waals surface area contributed by atoms with Crippen molar-refractivity contribution < 1.29 is 9.90 Å². The van der Waals surface area contributed by atoms with E-state index >= 15 is 0 Å². The van der Waals surface area contributed by atoms with Crippen LogP contribution in [-0.2, 0) is 6.54 Å². The van der Waals surface area contributed by atoms with Gasteiger partial charge in [-0.25, -0.2) is 4.79 Å². The smallest absolute Gasteiger partial charge is 0.320 e. The maximum absolute atomic E-state index is 12.8. The molecule has 5 rings (SSSR count). The Bertz CT molecular complexity index is 859. The van der Waals surface area contributed by atoms with Crippen LogP contribution in [0.15, 0.2) is 30.5 Å². The van der Waals surface area contributed by atoms with Crippen molar-refractivity contribution >= 4 is 16.9 Å². The van der Waals surface area contributed by atoms with Gasteiger partial charge in [-0.05, 0) is 54.8 Å². The van der Waals surface area contributed by atoms with E-state index in [0.717, 1.165) is 52.0 Å². The molecule has 4 heterocycles. The van der Waals surface area contributed by atoms with Gasteiger partial charge in [0.2, 0.25) is 0 Å². The van der Waals surface area contributed by atoms with Crippen molar-refractivity contribution in [2.45, 2.75) is 37.8 Å². The number of H-pyrrole nitrogens is 1. The first kappa shape index (κ1) is 18.0. The van der Waals surface area contributed by atoms with Gasteiger partial charge in [-0.1, -0.05) is 6.07 Å². The molecule has 0 aliphatic carbocycles. The second kappa shape index (κ2) is 7.08. The second-order valence-electron chi connectivity index (χ2n) is 8.86. The summed E-state index contributed by atoms with van der Waals surface area (Å²) in [6, 6.07) is 8.86. The summed E-state index contributed by atoms with van der Waals surface area (Å²) in [6.45, 7) is 5.80. The lowest BCUT2D eigenvalue weighted by molar-refractivity contribution is -0.108. The third-order valence-electron chi connectivity index (χ3n) is 7.03. The molecule has 6 nitrogen and oxygen atoms in total. The zero-order chi connectivity index (χ0) is 19.1. The highest BCUT2D eigenvalue weighted by molar-refractivity contribution is 5.79. The zero-order valence-electron chi connectivity index (χ0n) is 16.4. The van der Waals surface area contributed by atoms with E-state index in [1.807, 2.05) is 16.0 Å². The zero-order valence-corrected chi connectivity index (χ0v) is 16.4. The summed E-state index contributed by atoms with van der Waals surface area (Å²) in [4.78, 5) is 22.5. The summed E-state index contributed by atoms with van der Waals surface area (Å²) < 4.78 is 0. The number of aromatic amines is 1. The number of urea groups is 1. The first-order valence-corrected chi connectivity index (χ1v) is 10.7. The molecule has 0 unspecified atom stereocenters. The van der Waals surface area contributed by atoms with Crippen LogP contribution in [0, 0.1) is 5.92 Å². The molecular weight excluding hydrogens is 352 g/mol. The highest BCUT2D eigenvalue weighted by atomic mass is 16.3. The monoisotopic (exact) mass is 382 g/mol. The first-order valence-electron chi connectivity index (χ1n) is 10.7. The fourth-order valence-electron chi connectivity index (χ4n) is 5.26. The van der Waals surface area contributed by atoms with Gasteiger partial charge >= 0.3 is 6.03 Å². The fraction of sp³-hybridized carbons (Fsp3) is 0.591. The number of fused-ring (bicyclic) bond motifs is 2. The van der Waals surface area contributed by atoms with Crippen LogP contribution >= 0.6 is 0 Å². The molecule has 1 aromatic heterocycles. The Morgan fingerprint density at radius 1 is 1.07 bits per heavy atom. The minimum Gasteiger partial charge on any atom is -0.389 e. The molecule has 3 fully saturated rings. The fourth-order valence-corrected chi connectivity index (χ4v) is 5.26. The van der Waals surface area contributed by atoms with Gasteiger partial charge in [-0.15, -0.1) is 0 Å². The molecule has 2 amide bonds. The summed E-state index contributed by atoms with van der Waals surface area (Å²) in [7, 11) is 0. The number of hydrogen-bond acceptors (Lipinski definition) is 3. The average Bonchev–Trinajstić information content (AvgIpc) is 3.39. The normalized spacial score (nSPS) is 28.7. The molecule has 0 bridgehead atoms. The van der Waals surface area contributed by atoms with Crippen LogP contribution in [0.1, 0.15) is 31.2 Å². The molecule has 0 spiro atoms. The summed E-state index contributed by atoms with van der Waals surface area (Å²) >= 11 is 0.